The molecule has 0 radical (unpaired) electrons. The van der Waals surface area contributed by atoms with Gasteiger partial charge in [0.1, 0.15) is 11.5 Å². The molecule has 1 saturated heterocycles. The average molecular weight is 408 g/mol. The topological polar surface area (TPSA) is 57.8 Å². The van der Waals surface area contributed by atoms with Gasteiger partial charge in [-0.25, -0.2) is 0 Å². The second-order valence-electron chi connectivity index (χ2n) is 7.85. The Morgan fingerprint density at radius 2 is 1.60 bits per heavy atom. The van der Waals surface area contributed by atoms with E-state index in [1.165, 1.54) is 5.56 Å². The molecule has 1 N–H and O–H groups in total. The van der Waals surface area contributed by atoms with Crippen molar-refractivity contribution in [2.24, 2.45) is 0 Å². The number of aromatic nitrogens is 1. The molecule has 0 atom stereocenters. The van der Waals surface area contributed by atoms with Crippen LogP contribution in [0.25, 0.3) is 10.9 Å². The number of methoxy groups -OCH3 is 2. The zero-order valence-electron chi connectivity index (χ0n) is 17.9. The molecule has 4 rings (SSSR count). The van der Waals surface area contributed by atoms with Crippen LogP contribution in [-0.4, -0.2) is 55.2 Å². The summed E-state index contributed by atoms with van der Waals surface area (Å²) in [7, 11) is 3.20. The van der Waals surface area contributed by atoms with E-state index in [0.29, 0.717) is 23.4 Å². The zero-order chi connectivity index (χ0) is 21.1. The number of hydrogen-bond donors (Lipinski definition) is 1. The van der Waals surface area contributed by atoms with Gasteiger partial charge in [-0.15, -0.1) is 0 Å². The number of aromatic amines is 1. The third-order valence-electron chi connectivity index (χ3n) is 5.91. The molecule has 0 unspecified atom stereocenters. The number of benzene rings is 2. The largest absolute Gasteiger partial charge is 0.497 e. The first-order chi connectivity index (χ1) is 14.6. The quantitative estimate of drug-likeness (QED) is 0.680. The predicted octanol–water partition coefficient (Wildman–Crippen LogP) is 3.17. The lowest BCUT2D eigenvalue weighted by Gasteiger charge is -2.34. The van der Waals surface area contributed by atoms with Crippen LogP contribution in [0.15, 0.2) is 47.3 Å². The van der Waals surface area contributed by atoms with Crippen LogP contribution in [0.5, 0.6) is 11.5 Å². The summed E-state index contributed by atoms with van der Waals surface area (Å²) in [4.78, 5) is 21.5. The first-order valence-corrected chi connectivity index (χ1v) is 10.3. The number of ether oxygens (including phenoxy) is 2. The number of fused-ring (bicyclic) bond motifs is 1. The highest BCUT2D eigenvalue weighted by atomic mass is 16.5. The molecular formula is C24H29N3O3. The number of hydrogen-bond acceptors (Lipinski definition) is 5. The molecular weight excluding hydrogens is 378 g/mol. The fourth-order valence-corrected chi connectivity index (χ4v) is 4.13. The van der Waals surface area contributed by atoms with E-state index in [2.05, 4.69) is 45.1 Å². The Bertz CT molecular complexity index is 1070. The van der Waals surface area contributed by atoms with E-state index in [4.69, 9.17) is 9.47 Å². The van der Waals surface area contributed by atoms with Gasteiger partial charge in [-0.3, -0.25) is 14.6 Å². The second kappa shape index (κ2) is 8.90. The maximum atomic E-state index is 13.3. The van der Waals surface area contributed by atoms with E-state index in [9.17, 15) is 4.79 Å². The fourth-order valence-electron chi connectivity index (χ4n) is 4.13. The van der Waals surface area contributed by atoms with Crippen molar-refractivity contribution in [2.75, 3.05) is 40.4 Å². The number of rotatable bonds is 6. The van der Waals surface area contributed by atoms with Crippen LogP contribution in [0.4, 0.5) is 0 Å². The summed E-state index contributed by atoms with van der Waals surface area (Å²) in [5.74, 6) is 1.24. The van der Waals surface area contributed by atoms with E-state index in [1.807, 2.05) is 6.92 Å². The Balaban J connectivity index is 1.51. The lowest BCUT2D eigenvalue weighted by Crippen LogP contribution is -2.46. The van der Waals surface area contributed by atoms with Gasteiger partial charge in [-0.05, 0) is 18.6 Å². The molecule has 2 aromatic carbocycles. The Morgan fingerprint density at radius 1 is 0.933 bits per heavy atom. The van der Waals surface area contributed by atoms with E-state index >= 15 is 0 Å². The van der Waals surface area contributed by atoms with Gasteiger partial charge in [-0.1, -0.05) is 30.3 Å². The number of nitrogens with one attached hydrogen (secondary N) is 1. The van der Waals surface area contributed by atoms with Crippen molar-refractivity contribution in [2.45, 2.75) is 20.0 Å². The Hall–Kier alpha value is -2.83. The van der Waals surface area contributed by atoms with Crippen LogP contribution in [0.3, 0.4) is 0 Å². The van der Waals surface area contributed by atoms with Gasteiger partial charge in [0.25, 0.3) is 0 Å². The van der Waals surface area contributed by atoms with Crippen molar-refractivity contribution in [1.82, 2.24) is 14.8 Å². The molecule has 1 fully saturated rings. The molecule has 0 amide bonds. The minimum atomic E-state index is 0.0464. The van der Waals surface area contributed by atoms with Gasteiger partial charge in [0, 0.05) is 56.6 Å². The highest BCUT2D eigenvalue weighted by Gasteiger charge is 2.20. The molecule has 6 nitrogen and oxygen atoms in total. The summed E-state index contributed by atoms with van der Waals surface area (Å²) in [6, 6.07) is 14.2. The Morgan fingerprint density at radius 3 is 2.23 bits per heavy atom. The van der Waals surface area contributed by atoms with Crippen LogP contribution in [0.2, 0.25) is 0 Å². The molecule has 0 spiro atoms. The van der Waals surface area contributed by atoms with Crippen LogP contribution >= 0.6 is 0 Å². The lowest BCUT2D eigenvalue weighted by molar-refractivity contribution is 0.121. The molecule has 0 aliphatic carbocycles. The molecule has 3 aromatic rings. The summed E-state index contributed by atoms with van der Waals surface area (Å²) >= 11 is 0. The van der Waals surface area contributed by atoms with Crippen molar-refractivity contribution < 1.29 is 9.47 Å². The Labute approximate surface area is 177 Å². The van der Waals surface area contributed by atoms with Crippen LogP contribution in [0.1, 0.15) is 16.8 Å². The molecule has 0 bridgehead atoms. The normalized spacial score (nSPS) is 15.4. The first-order valence-electron chi connectivity index (χ1n) is 10.3. The third kappa shape index (κ3) is 4.20. The first kappa shape index (κ1) is 20.4. The number of nitrogens with zero attached hydrogens (tertiary/aromatic N) is 2. The van der Waals surface area contributed by atoms with Crippen molar-refractivity contribution in [1.29, 1.82) is 0 Å². The lowest BCUT2D eigenvalue weighted by atomic mass is 10.1. The summed E-state index contributed by atoms with van der Waals surface area (Å²) in [5, 5.41) is 0.606. The van der Waals surface area contributed by atoms with Crippen LogP contribution in [-0.2, 0) is 13.1 Å². The summed E-state index contributed by atoms with van der Waals surface area (Å²) < 4.78 is 10.8. The van der Waals surface area contributed by atoms with E-state index in [1.54, 1.807) is 26.4 Å². The smallest absolute Gasteiger partial charge is 0.194 e. The van der Waals surface area contributed by atoms with Crippen molar-refractivity contribution >= 4 is 10.9 Å². The monoisotopic (exact) mass is 407 g/mol. The van der Waals surface area contributed by atoms with Crippen LogP contribution < -0.4 is 14.9 Å². The number of aryl methyl sites for hydroxylation is 1. The molecule has 1 aliphatic rings. The van der Waals surface area contributed by atoms with Gasteiger partial charge >= 0.3 is 0 Å². The third-order valence-corrected chi connectivity index (χ3v) is 5.91. The second-order valence-corrected chi connectivity index (χ2v) is 7.85. The maximum Gasteiger partial charge on any atom is 0.194 e. The maximum absolute atomic E-state index is 13.3. The summed E-state index contributed by atoms with van der Waals surface area (Å²) in [6.45, 7) is 7.49. The molecule has 1 aliphatic heterocycles. The highest BCUT2D eigenvalue weighted by Crippen LogP contribution is 2.29. The van der Waals surface area contributed by atoms with Crippen molar-refractivity contribution in [3.05, 3.63) is 69.5 Å². The number of H-pyrrole nitrogens is 1. The van der Waals surface area contributed by atoms with E-state index in [-0.39, 0.29) is 5.43 Å². The van der Waals surface area contributed by atoms with E-state index in [0.717, 1.165) is 49.5 Å². The van der Waals surface area contributed by atoms with E-state index < -0.39 is 0 Å². The molecule has 1 aromatic heterocycles. The van der Waals surface area contributed by atoms with Gasteiger partial charge in [0.15, 0.2) is 5.43 Å². The molecule has 6 heteroatoms. The minimum Gasteiger partial charge on any atom is -0.497 e. The molecule has 0 saturated carbocycles. The fraction of sp³-hybridized carbons (Fsp3) is 0.375. The predicted molar refractivity (Wildman–Crippen MR) is 119 cm³/mol. The SMILES string of the molecule is COc1cc(OC)c2[nH]c(C)c(CN3CCN(Cc4ccccc4)CC3)c(=O)c2c1. The number of pyridine rings is 1. The number of piperazine rings is 1. The van der Waals surface area contributed by atoms with Gasteiger partial charge in [0.05, 0.1) is 25.1 Å². The molecule has 30 heavy (non-hydrogen) atoms. The highest BCUT2D eigenvalue weighted by molar-refractivity contribution is 5.87. The van der Waals surface area contributed by atoms with Gasteiger partial charge in [-0.2, -0.15) is 0 Å². The standard InChI is InChI=1S/C24H29N3O3/c1-17-21(24(28)20-13-19(29-2)14-22(30-3)23(20)25-17)16-27-11-9-26(10-12-27)15-18-7-5-4-6-8-18/h4-8,13-14H,9-12,15-16H2,1-3H3,(H,25,28). The Kier molecular flexibility index (Phi) is 6.06. The van der Waals surface area contributed by atoms with Gasteiger partial charge in [0.2, 0.25) is 0 Å². The molecule has 158 valence electrons. The van der Waals surface area contributed by atoms with Gasteiger partial charge < -0.3 is 14.5 Å². The van der Waals surface area contributed by atoms with Crippen molar-refractivity contribution in [3.63, 3.8) is 0 Å². The average Bonchev–Trinajstić information content (AvgIpc) is 2.78. The summed E-state index contributed by atoms with van der Waals surface area (Å²) in [6.07, 6.45) is 0. The van der Waals surface area contributed by atoms with Crippen LogP contribution in [0, 0.1) is 6.92 Å². The van der Waals surface area contributed by atoms with Crippen molar-refractivity contribution in [3.8, 4) is 11.5 Å². The summed E-state index contributed by atoms with van der Waals surface area (Å²) in [5.41, 5.74) is 3.81. The molecule has 2 heterocycles. The zero-order valence-corrected chi connectivity index (χ0v) is 17.9. The minimum absolute atomic E-state index is 0.0464.